The molecule has 3 N–H and O–H groups in total. The molecule has 0 bridgehead atoms. The van der Waals surface area contributed by atoms with Crippen molar-refractivity contribution in [1.82, 2.24) is 0 Å². The zero-order chi connectivity index (χ0) is 13.8. The Bertz CT molecular complexity index is 462. The fraction of sp³-hybridized carbons (Fsp3) is 0.500. The maximum absolute atomic E-state index is 11.4. The molecular weight excluding hydrogens is 244 g/mol. The van der Waals surface area contributed by atoms with E-state index >= 15 is 0 Å². The number of esters is 1. The highest BCUT2D eigenvalue weighted by Crippen LogP contribution is 2.25. The number of methoxy groups -OCH3 is 1. The van der Waals surface area contributed by atoms with E-state index in [0.717, 1.165) is 25.3 Å². The number of anilines is 2. The summed E-state index contributed by atoms with van der Waals surface area (Å²) in [6, 6.07) is 5.52. The van der Waals surface area contributed by atoms with Crippen molar-refractivity contribution in [1.29, 1.82) is 0 Å². The van der Waals surface area contributed by atoms with Gasteiger partial charge in [-0.3, -0.25) is 0 Å². The lowest BCUT2D eigenvalue weighted by Gasteiger charge is -2.30. The van der Waals surface area contributed by atoms with E-state index in [0.29, 0.717) is 23.2 Å². The Hall–Kier alpha value is -1.75. The van der Waals surface area contributed by atoms with E-state index in [1.54, 1.807) is 12.1 Å². The molecule has 19 heavy (non-hydrogen) atoms. The van der Waals surface area contributed by atoms with E-state index in [-0.39, 0.29) is 5.97 Å². The molecule has 2 rings (SSSR count). The van der Waals surface area contributed by atoms with E-state index < -0.39 is 0 Å². The fourth-order valence-electron chi connectivity index (χ4n) is 2.23. The third-order valence-electron chi connectivity index (χ3n) is 3.45. The maximum Gasteiger partial charge on any atom is 0.337 e. The Morgan fingerprint density at radius 2 is 2.32 bits per heavy atom. The highest BCUT2D eigenvalue weighted by Gasteiger charge is 2.22. The molecule has 1 aromatic carbocycles. The maximum atomic E-state index is 11.4. The Labute approximate surface area is 113 Å². The second-order valence-corrected chi connectivity index (χ2v) is 4.89. The Morgan fingerprint density at radius 3 is 2.95 bits per heavy atom. The van der Waals surface area contributed by atoms with Gasteiger partial charge in [0.15, 0.2) is 0 Å². The van der Waals surface area contributed by atoms with Crippen LogP contribution < -0.4 is 11.1 Å². The van der Waals surface area contributed by atoms with Crippen molar-refractivity contribution in [3.63, 3.8) is 0 Å². The predicted octanol–water partition coefficient (Wildman–Crippen LogP) is 1.89. The van der Waals surface area contributed by atoms with Crippen LogP contribution in [0.3, 0.4) is 0 Å². The Balaban J connectivity index is 2.10. The van der Waals surface area contributed by atoms with Crippen LogP contribution in [-0.2, 0) is 9.47 Å². The molecule has 1 aliphatic rings. The van der Waals surface area contributed by atoms with Crippen LogP contribution in [0.15, 0.2) is 18.2 Å². The van der Waals surface area contributed by atoms with Gasteiger partial charge in [-0.05, 0) is 30.5 Å². The minimum atomic E-state index is -0.377. The van der Waals surface area contributed by atoms with Crippen LogP contribution in [0.1, 0.15) is 23.7 Å². The molecule has 1 aromatic rings. The number of hydrogen-bond acceptors (Lipinski definition) is 5. The molecule has 1 fully saturated rings. The summed E-state index contributed by atoms with van der Waals surface area (Å²) < 4.78 is 10.1. The van der Waals surface area contributed by atoms with Crippen molar-refractivity contribution in [2.24, 2.45) is 5.92 Å². The monoisotopic (exact) mass is 264 g/mol. The van der Waals surface area contributed by atoms with Crippen molar-refractivity contribution in [3.05, 3.63) is 23.8 Å². The predicted molar refractivity (Wildman–Crippen MR) is 74.2 cm³/mol. The molecule has 0 aliphatic carbocycles. The minimum Gasteiger partial charge on any atom is -0.465 e. The van der Waals surface area contributed by atoms with Crippen molar-refractivity contribution < 1.29 is 14.3 Å². The van der Waals surface area contributed by atoms with Crippen LogP contribution in [0.25, 0.3) is 0 Å². The number of carbonyl (C=O) groups excluding carboxylic acids is 1. The summed E-state index contributed by atoms with van der Waals surface area (Å²) in [5, 5.41) is 3.43. The zero-order valence-electron chi connectivity index (χ0n) is 11.3. The van der Waals surface area contributed by atoms with Gasteiger partial charge >= 0.3 is 5.97 Å². The highest BCUT2D eigenvalue weighted by molar-refractivity contribution is 5.91. The van der Waals surface area contributed by atoms with Crippen LogP contribution in [0, 0.1) is 5.92 Å². The number of benzene rings is 1. The number of ether oxygens (including phenoxy) is 2. The molecule has 5 nitrogen and oxygen atoms in total. The molecular formula is C14H20N2O3. The van der Waals surface area contributed by atoms with E-state index in [1.165, 1.54) is 7.11 Å². The Kier molecular flexibility index (Phi) is 4.27. The summed E-state index contributed by atoms with van der Waals surface area (Å²) in [5.41, 5.74) is 7.85. The van der Waals surface area contributed by atoms with E-state index in [1.807, 2.05) is 6.07 Å². The van der Waals surface area contributed by atoms with Gasteiger partial charge in [-0.15, -0.1) is 0 Å². The molecule has 0 spiro atoms. The van der Waals surface area contributed by atoms with Crippen LogP contribution >= 0.6 is 0 Å². The van der Waals surface area contributed by atoms with Gasteiger partial charge in [0.1, 0.15) is 0 Å². The van der Waals surface area contributed by atoms with E-state index in [4.69, 9.17) is 10.5 Å². The molecule has 0 radical (unpaired) electrons. The Morgan fingerprint density at radius 1 is 1.53 bits per heavy atom. The van der Waals surface area contributed by atoms with Gasteiger partial charge < -0.3 is 20.5 Å². The largest absolute Gasteiger partial charge is 0.465 e. The van der Waals surface area contributed by atoms with Crippen molar-refractivity contribution in [2.75, 3.05) is 31.4 Å². The first kappa shape index (κ1) is 13.7. The highest BCUT2D eigenvalue weighted by atomic mass is 16.5. The molecule has 2 atom stereocenters. The molecule has 0 aromatic heterocycles. The van der Waals surface area contributed by atoms with Crippen LogP contribution in [0.2, 0.25) is 0 Å². The number of nitrogens with two attached hydrogens (primary N) is 1. The normalized spacial score (nSPS) is 22.8. The quantitative estimate of drug-likeness (QED) is 0.644. The van der Waals surface area contributed by atoms with Gasteiger partial charge in [0.05, 0.1) is 30.7 Å². The number of carbonyl (C=O) groups is 1. The van der Waals surface area contributed by atoms with Gasteiger partial charge in [-0.25, -0.2) is 4.79 Å². The first-order valence-electron chi connectivity index (χ1n) is 6.44. The summed E-state index contributed by atoms with van der Waals surface area (Å²) in [4.78, 5) is 11.4. The molecule has 1 aliphatic heterocycles. The smallest absolute Gasteiger partial charge is 0.337 e. The first-order chi connectivity index (χ1) is 9.11. The number of hydrogen-bond donors (Lipinski definition) is 2. The lowest BCUT2D eigenvalue weighted by atomic mass is 9.97. The lowest BCUT2D eigenvalue weighted by molar-refractivity contribution is 0.0538. The topological polar surface area (TPSA) is 73.6 Å². The first-order valence-corrected chi connectivity index (χ1v) is 6.44. The molecule has 2 unspecified atom stereocenters. The molecule has 0 saturated carbocycles. The average Bonchev–Trinajstić information content (AvgIpc) is 2.42. The number of nitrogen functional groups attached to an aromatic ring is 1. The standard InChI is InChI=1S/C14H20N2O3/c1-9-8-19-6-5-12(9)16-13-4-3-10(7-11(13)15)14(17)18-2/h3-4,7,9,12,16H,5-6,8,15H2,1-2H3. The molecule has 0 amide bonds. The third kappa shape index (κ3) is 3.17. The summed E-state index contributed by atoms with van der Waals surface area (Å²) in [7, 11) is 1.36. The van der Waals surface area contributed by atoms with Gasteiger partial charge in [0.2, 0.25) is 0 Å². The molecule has 1 saturated heterocycles. The van der Waals surface area contributed by atoms with Gasteiger partial charge in [0, 0.05) is 12.6 Å². The lowest BCUT2D eigenvalue weighted by Crippen LogP contribution is -2.36. The SMILES string of the molecule is COC(=O)c1ccc(NC2CCOCC2C)c(N)c1. The van der Waals surface area contributed by atoms with Gasteiger partial charge in [-0.2, -0.15) is 0 Å². The van der Waals surface area contributed by atoms with Crippen molar-refractivity contribution in [3.8, 4) is 0 Å². The van der Waals surface area contributed by atoms with Gasteiger partial charge in [0.25, 0.3) is 0 Å². The third-order valence-corrected chi connectivity index (χ3v) is 3.45. The molecule has 1 heterocycles. The summed E-state index contributed by atoms with van der Waals surface area (Å²) in [5.74, 6) is 0.0612. The zero-order valence-corrected chi connectivity index (χ0v) is 11.3. The second-order valence-electron chi connectivity index (χ2n) is 4.89. The summed E-state index contributed by atoms with van der Waals surface area (Å²) in [6.45, 7) is 3.68. The summed E-state index contributed by atoms with van der Waals surface area (Å²) in [6.07, 6.45) is 0.958. The van der Waals surface area contributed by atoms with Crippen LogP contribution in [0.4, 0.5) is 11.4 Å². The van der Waals surface area contributed by atoms with Crippen LogP contribution in [-0.4, -0.2) is 32.3 Å². The number of rotatable bonds is 3. The molecule has 5 heteroatoms. The van der Waals surface area contributed by atoms with E-state index in [2.05, 4.69) is 17.0 Å². The average molecular weight is 264 g/mol. The van der Waals surface area contributed by atoms with Crippen molar-refractivity contribution >= 4 is 17.3 Å². The fourth-order valence-corrected chi connectivity index (χ4v) is 2.23. The minimum absolute atomic E-state index is 0.347. The van der Waals surface area contributed by atoms with Crippen molar-refractivity contribution in [2.45, 2.75) is 19.4 Å². The van der Waals surface area contributed by atoms with E-state index in [9.17, 15) is 4.79 Å². The van der Waals surface area contributed by atoms with Gasteiger partial charge in [-0.1, -0.05) is 6.92 Å². The molecule has 104 valence electrons. The van der Waals surface area contributed by atoms with Crippen LogP contribution in [0.5, 0.6) is 0 Å². The second kappa shape index (κ2) is 5.93. The number of nitrogens with one attached hydrogen (secondary N) is 1. The summed E-state index contributed by atoms with van der Waals surface area (Å²) >= 11 is 0.